The zero-order valence-corrected chi connectivity index (χ0v) is 24.1. The van der Waals surface area contributed by atoms with Crippen molar-refractivity contribution >= 4 is 46.7 Å². The van der Waals surface area contributed by atoms with Crippen LogP contribution in [-0.2, 0) is 31.9 Å². The Balaban J connectivity index is 2.85. The molecule has 202 valence electrons. The van der Waals surface area contributed by atoms with Crippen molar-refractivity contribution in [3.05, 3.63) is 71.8 Å². The number of hydrogen-bond donors (Lipinski definition) is 0. The van der Waals surface area contributed by atoms with Crippen LogP contribution in [0.5, 0.6) is 0 Å². The molecule has 0 radical (unpaired) electrons. The second-order valence-corrected chi connectivity index (χ2v) is 10.0. The number of nitrogens with zero attached hydrogens (tertiary/aromatic N) is 2. The van der Waals surface area contributed by atoms with Gasteiger partial charge in [-0.3, -0.25) is 0 Å². The van der Waals surface area contributed by atoms with Gasteiger partial charge in [-0.2, -0.15) is 0 Å². The van der Waals surface area contributed by atoms with E-state index >= 15 is 0 Å². The van der Waals surface area contributed by atoms with Crippen LogP contribution in [0.4, 0.5) is 0 Å². The van der Waals surface area contributed by atoms with Gasteiger partial charge in [-0.05, 0) is 47.4 Å². The molecular formula is C30H36N2O4S2. The molecule has 0 saturated heterocycles. The average molecular weight is 553 g/mol. The largest absolute Gasteiger partial charge is 0.463 e. The number of aliphatic imine (C=N–C) groups is 2. The van der Waals surface area contributed by atoms with Gasteiger partial charge >= 0.3 is 11.9 Å². The van der Waals surface area contributed by atoms with Crippen LogP contribution < -0.4 is 0 Å². The molecule has 0 saturated carbocycles. The van der Waals surface area contributed by atoms with Gasteiger partial charge in [0.05, 0.1) is 23.5 Å². The van der Waals surface area contributed by atoms with Crippen LogP contribution in [0.2, 0.25) is 0 Å². The average Bonchev–Trinajstić information content (AvgIpc) is 2.94. The number of thiocarbonyl (C=S) groups is 2. The molecule has 2 rings (SSSR count). The lowest BCUT2D eigenvalue weighted by Crippen LogP contribution is -2.65. The topological polar surface area (TPSA) is 77.3 Å². The van der Waals surface area contributed by atoms with Crippen molar-refractivity contribution in [2.45, 2.75) is 64.5 Å². The predicted octanol–water partition coefficient (Wildman–Crippen LogP) is 6.33. The minimum Gasteiger partial charge on any atom is -0.463 e. The maximum atomic E-state index is 14.2. The van der Waals surface area contributed by atoms with Gasteiger partial charge in [-0.15, -0.1) is 0 Å². The van der Waals surface area contributed by atoms with Crippen LogP contribution >= 0.6 is 24.4 Å². The second kappa shape index (κ2) is 15.4. The van der Waals surface area contributed by atoms with Crippen LogP contribution in [0.3, 0.4) is 0 Å². The Labute approximate surface area is 236 Å². The number of ether oxygens (including phenoxy) is 2. The molecule has 0 heterocycles. The fourth-order valence-electron chi connectivity index (χ4n) is 3.98. The number of isothiocyanates is 2. The lowest BCUT2D eigenvalue weighted by Gasteiger charge is -2.40. The Morgan fingerprint density at radius 2 is 1.08 bits per heavy atom. The van der Waals surface area contributed by atoms with Gasteiger partial charge < -0.3 is 9.47 Å². The highest BCUT2D eigenvalue weighted by Gasteiger charge is 2.64. The summed E-state index contributed by atoms with van der Waals surface area (Å²) in [6.45, 7) is 8.25. The number of carbonyl (C=O) groups excluding carboxylic acids is 2. The molecule has 0 fully saturated rings. The number of rotatable bonds is 15. The van der Waals surface area contributed by atoms with Crippen molar-refractivity contribution in [2.75, 3.05) is 13.2 Å². The third kappa shape index (κ3) is 7.75. The van der Waals surface area contributed by atoms with E-state index in [1.165, 1.54) is 0 Å². The lowest BCUT2D eigenvalue weighted by molar-refractivity contribution is -0.165. The lowest BCUT2D eigenvalue weighted by atomic mass is 9.70. The standard InChI is InChI=1S/C30H36N2O4S2/c1-5-23(3)19-35-27(33)29(31-21-37,17-25-13-9-7-10-14-25)30(32-22-38,18-26-15-11-8-12-16-26)28(34)36-20-24(4)6-2/h7-16,23-24H,5-6,17-20H2,1-4H3/t23-,24-,29?,30?/m0/s1. The van der Waals surface area contributed by atoms with Gasteiger partial charge in [-0.1, -0.05) is 101 Å². The van der Waals surface area contributed by atoms with Gasteiger partial charge in [0, 0.05) is 12.8 Å². The summed E-state index contributed by atoms with van der Waals surface area (Å²) in [5, 5.41) is 4.74. The molecule has 2 aromatic rings. The van der Waals surface area contributed by atoms with E-state index in [2.05, 4.69) is 20.3 Å². The van der Waals surface area contributed by atoms with Crippen LogP contribution in [-0.4, -0.2) is 46.6 Å². The highest BCUT2D eigenvalue weighted by molar-refractivity contribution is 7.78. The van der Waals surface area contributed by atoms with E-state index in [4.69, 9.17) is 33.9 Å². The molecule has 0 spiro atoms. The van der Waals surface area contributed by atoms with Crippen LogP contribution in [0, 0.1) is 11.8 Å². The SMILES string of the molecule is CC[C@H](C)COC(=O)C(Cc1ccccc1)(N=C=S)C(Cc1ccccc1)(N=C=S)C(=O)OC[C@@H](C)CC. The first-order chi connectivity index (χ1) is 18.3. The molecular weight excluding hydrogens is 516 g/mol. The summed E-state index contributed by atoms with van der Waals surface area (Å²) < 4.78 is 11.6. The van der Waals surface area contributed by atoms with Gasteiger partial charge in [0.15, 0.2) is 0 Å². The molecule has 38 heavy (non-hydrogen) atoms. The molecule has 6 nitrogen and oxygen atoms in total. The van der Waals surface area contributed by atoms with Crippen molar-refractivity contribution in [3.8, 4) is 0 Å². The molecule has 0 aromatic heterocycles. The number of esters is 2. The maximum absolute atomic E-state index is 14.2. The zero-order valence-electron chi connectivity index (χ0n) is 22.5. The van der Waals surface area contributed by atoms with Crippen LogP contribution in [0.25, 0.3) is 0 Å². The van der Waals surface area contributed by atoms with E-state index < -0.39 is 23.0 Å². The van der Waals surface area contributed by atoms with Crippen molar-refractivity contribution in [1.82, 2.24) is 0 Å². The summed E-state index contributed by atoms with van der Waals surface area (Å²) in [6, 6.07) is 18.5. The van der Waals surface area contributed by atoms with E-state index in [9.17, 15) is 9.59 Å². The molecule has 0 amide bonds. The van der Waals surface area contributed by atoms with Crippen molar-refractivity contribution in [2.24, 2.45) is 21.8 Å². The summed E-state index contributed by atoms with van der Waals surface area (Å²) in [5.74, 6) is -1.30. The summed E-state index contributed by atoms with van der Waals surface area (Å²) in [4.78, 5) is 37.2. The van der Waals surface area contributed by atoms with Gasteiger partial charge in [0.2, 0.25) is 11.1 Å². The van der Waals surface area contributed by atoms with E-state index in [1.807, 2.05) is 88.4 Å². The summed E-state index contributed by atoms with van der Waals surface area (Å²) >= 11 is 10.1. The zero-order chi connectivity index (χ0) is 28.0. The minimum absolute atomic E-state index is 0.0391. The highest BCUT2D eigenvalue weighted by Crippen LogP contribution is 2.40. The van der Waals surface area contributed by atoms with Gasteiger partial charge in [-0.25, -0.2) is 19.6 Å². The van der Waals surface area contributed by atoms with Crippen molar-refractivity contribution in [3.63, 3.8) is 0 Å². The Kier molecular flexibility index (Phi) is 12.6. The molecule has 0 bridgehead atoms. The molecule has 8 heteroatoms. The van der Waals surface area contributed by atoms with E-state index in [0.717, 1.165) is 24.0 Å². The molecule has 0 aliphatic carbocycles. The molecule has 0 N–H and O–H groups in total. The number of benzene rings is 2. The first kappa shape index (κ1) is 31.2. The third-order valence-electron chi connectivity index (χ3n) is 6.83. The Morgan fingerprint density at radius 3 is 1.37 bits per heavy atom. The van der Waals surface area contributed by atoms with E-state index in [0.29, 0.717) is 0 Å². The number of hydrogen-bond acceptors (Lipinski definition) is 8. The first-order valence-electron chi connectivity index (χ1n) is 12.9. The van der Waals surface area contributed by atoms with E-state index in [1.54, 1.807) is 0 Å². The highest BCUT2D eigenvalue weighted by atomic mass is 32.1. The summed E-state index contributed by atoms with van der Waals surface area (Å²) in [6.07, 6.45) is 1.53. The molecule has 2 unspecified atom stereocenters. The van der Waals surface area contributed by atoms with Crippen molar-refractivity contribution in [1.29, 1.82) is 0 Å². The maximum Gasteiger partial charge on any atom is 0.338 e. The smallest absolute Gasteiger partial charge is 0.338 e. The predicted molar refractivity (Wildman–Crippen MR) is 157 cm³/mol. The third-order valence-corrected chi connectivity index (χ3v) is 7.01. The molecule has 0 aliphatic rings. The second-order valence-electron chi connectivity index (χ2n) is 9.68. The van der Waals surface area contributed by atoms with E-state index in [-0.39, 0.29) is 37.9 Å². The normalized spacial score (nSPS) is 15.4. The Morgan fingerprint density at radius 1 is 0.737 bits per heavy atom. The van der Waals surface area contributed by atoms with Gasteiger partial charge in [0.1, 0.15) is 0 Å². The monoisotopic (exact) mass is 552 g/mol. The van der Waals surface area contributed by atoms with Gasteiger partial charge in [0.25, 0.3) is 0 Å². The minimum atomic E-state index is -1.95. The number of carbonyl (C=O) groups is 2. The van der Waals surface area contributed by atoms with Crippen molar-refractivity contribution < 1.29 is 19.1 Å². The fourth-order valence-corrected chi connectivity index (χ4v) is 4.29. The quantitative estimate of drug-likeness (QED) is 0.146. The van der Waals surface area contributed by atoms with Crippen LogP contribution in [0.1, 0.15) is 51.7 Å². The Bertz CT molecular complexity index is 1060. The summed E-state index contributed by atoms with van der Waals surface area (Å²) in [5.41, 5.74) is -2.43. The molecule has 2 aromatic carbocycles. The Hall–Kier alpha value is -3.02. The molecule has 4 atom stereocenters. The fraction of sp³-hybridized carbons (Fsp3) is 0.467. The van der Waals surface area contributed by atoms with Crippen LogP contribution in [0.15, 0.2) is 70.6 Å². The summed E-state index contributed by atoms with van der Waals surface area (Å²) in [7, 11) is 0. The first-order valence-corrected chi connectivity index (χ1v) is 13.7. The molecule has 0 aliphatic heterocycles.